The third kappa shape index (κ3) is 5.57. The predicted octanol–water partition coefficient (Wildman–Crippen LogP) is 4.40. The summed E-state index contributed by atoms with van der Waals surface area (Å²) in [6.45, 7) is 0.357. The van der Waals surface area contributed by atoms with Gasteiger partial charge in [0.05, 0.1) is 0 Å². The number of H-pyrrole nitrogens is 1. The first-order valence-electron chi connectivity index (χ1n) is 10.00. The molecule has 1 aromatic heterocycles. The average Bonchev–Trinajstić information content (AvgIpc) is 3.22. The predicted molar refractivity (Wildman–Crippen MR) is 129 cm³/mol. The Bertz CT molecular complexity index is 1280. The molecular weight excluding hydrogens is 442 g/mol. The standard InChI is InChI=1S/C23H21N5O2S2/c29-20(24-14-17-11-6-10-16-9-4-5-12-18(16)17)19(13-15-7-2-1-3-8-15)25-21(30)26-22-27-28-23(31)32-22/h1-12,19H,13-14H2,(H,24,29)(H,28,31)(H2,25,26,27,30)/t19-/m0/s1. The normalized spacial score (nSPS) is 11.6. The Morgan fingerprint density at radius 2 is 1.75 bits per heavy atom. The second-order valence-corrected chi connectivity index (χ2v) is 8.78. The molecule has 0 spiro atoms. The molecule has 0 fully saturated rings. The number of urea groups is 1. The first kappa shape index (κ1) is 21.7. The number of aromatic amines is 1. The van der Waals surface area contributed by atoms with Gasteiger partial charge in [-0.15, -0.1) is 5.10 Å². The molecule has 32 heavy (non-hydrogen) atoms. The van der Waals surface area contributed by atoms with Crippen molar-refractivity contribution in [3.8, 4) is 0 Å². The van der Waals surface area contributed by atoms with E-state index in [1.165, 1.54) is 0 Å². The number of hydrogen-bond acceptors (Lipinski definition) is 5. The van der Waals surface area contributed by atoms with Gasteiger partial charge in [0.15, 0.2) is 3.95 Å². The molecule has 4 aromatic rings. The van der Waals surface area contributed by atoms with Gasteiger partial charge >= 0.3 is 6.03 Å². The number of nitrogens with one attached hydrogen (secondary N) is 4. The van der Waals surface area contributed by atoms with Crippen molar-refractivity contribution in [1.82, 2.24) is 20.8 Å². The summed E-state index contributed by atoms with van der Waals surface area (Å²) in [5.74, 6) is -0.272. The van der Waals surface area contributed by atoms with Crippen LogP contribution in [0.2, 0.25) is 0 Å². The summed E-state index contributed by atoms with van der Waals surface area (Å²) in [5.41, 5.74) is 1.95. The van der Waals surface area contributed by atoms with Gasteiger partial charge in [-0.25, -0.2) is 4.79 Å². The van der Waals surface area contributed by atoms with Gasteiger partial charge in [0.1, 0.15) is 6.04 Å². The largest absolute Gasteiger partial charge is 0.350 e. The second-order valence-electron chi connectivity index (χ2n) is 7.12. The van der Waals surface area contributed by atoms with Gasteiger partial charge in [-0.2, -0.15) is 0 Å². The summed E-state index contributed by atoms with van der Waals surface area (Å²) in [6.07, 6.45) is 0.353. The first-order valence-corrected chi connectivity index (χ1v) is 11.2. The van der Waals surface area contributed by atoms with Crippen molar-refractivity contribution in [2.75, 3.05) is 5.32 Å². The van der Waals surface area contributed by atoms with Gasteiger partial charge in [0.2, 0.25) is 11.0 Å². The van der Waals surface area contributed by atoms with Gasteiger partial charge in [0.25, 0.3) is 0 Å². The molecule has 0 aliphatic carbocycles. The van der Waals surface area contributed by atoms with Crippen LogP contribution in [0.25, 0.3) is 10.8 Å². The van der Waals surface area contributed by atoms with Gasteiger partial charge in [-0.3, -0.25) is 15.2 Å². The van der Waals surface area contributed by atoms with Crippen LogP contribution in [0.5, 0.6) is 0 Å². The molecule has 0 aliphatic rings. The van der Waals surface area contributed by atoms with E-state index < -0.39 is 12.1 Å². The lowest BCUT2D eigenvalue weighted by Gasteiger charge is -2.19. The summed E-state index contributed by atoms with van der Waals surface area (Å²) >= 11 is 6.12. The zero-order valence-electron chi connectivity index (χ0n) is 17.0. The van der Waals surface area contributed by atoms with Crippen molar-refractivity contribution < 1.29 is 9.59 Å². The molecule has 0 bridgehead atoms. The van der Waals surface area contributed by atoms with Crippen LogP contribution in [-0.4, -0.2) is 28.2 Å². The molecule has 1 heterocycles. The Labute approximate surface area is 193 Å². The SMILES string of the molecule is O=C(Nc1n[nH]c(=S)s1)N[C@@H](Cc1ccccc1)C(=O)NCc1cccc2ccccc12. The van der Waals surface area contributed by atoms with Crippen molar-refractivity contribution in [3.63, 3.8) is 0 Å². The molecule has 4 rings (SSSR count). The van der Waals surface area contributed by atoms with Crippen molar-refractivity contribution >= 4 is 51.4 Å². The van der Waals surface area contributed by atoms with E-state index in [2.05, 4.69) is 26.1 Å². The average molecular weight is 464 g/mol. The van der Waals surface area contributed by atoms with E-state index in [9.17, 15) is 9.59 Å². The van der Waals surface area contributed by atoms with E-state index in [1.54, 1.807) is 0 Å². The van der Waals surface area contributed by atoms with Crippen molar-refractivity contribution in [2.45, 2.75) is 19.0 Å². The van der Waals surface area contributed by atoms with E-state index in [4.69, 9.17) is 12.2 Å². The first-order chi connectivity index (χ1) is 15.6. The monoisotopic (exact) mass is 463 g/mol. The maximum Gasteiger partial charge on any atom is 0.321 e. The third-order valence-electron chi connectivity index (χ3n) is 4.90. The van der Waals surface area contributed by atoms with Crippen LogP contribution >= 0.6 is 23.6 Å². The van der Waals surface area contributed by atoms with Crippen LogP contribution in [0.4, 0.5) is 9.93 Å². The van der Waals surface area contributed by atoms with Crippen LogP contribution < -0.4 is 16.0 Å². The number of rotatable bonds is 7. The van der Waals surface area contributed by atoms with Crippen LogP contribution in [-0.2, 0) is 17.8 Å². The maximum absolute atomic E-state index is 13.1. The van der Waals surface area contributed by atoms with Crippen molar-refractivity contribution in [2.24, 2.45) is 0 Å². The van der Waals surface area contributed by atoms with Crippen molar-refractivity contribution in [3.05, 3.63) is 87.9 Å². The van der Waals surface area contributed by atoms with E-state index >= 15 is 0 Å². The molecule has 0 aliphatic heterocycles. The summed E-state index contributed by atoms with van der Waals surface area (Å²) in [4.78, 5) is 25.6. The summed E-state index contributed by atoms with van der Waals surface area (Å²) in [5, 5.41) is 17.4. The second kappa shape index (κ2) is 10.2. The van der Waals surface area contributed by atoms with E-state index in [-0.39, 0.29) is 5.91 Å². The highest BCUT2D eigenvalue weighted by Gasteiger charge is 2.22. The molecule has 4 N–H and O–H groups in total. The lowest BCUT2D eigenvalue weighted by molar-refractivity contribution is -0.123. The zero-order chi connectivity index (χ0) is 22.3. The highest BCUT2D eigenvalue weighted by molar-refractivity contribution is 7.73. The molecule has 0 radical (unpaired) electrons. The van der Waals surface area contributed by atoms with Crippen LogP contribution in [0.15, 0.2) is 72.8 Å². The number of aromatic nitrogens is 2. The Balaban J connectivity index is 1.47. The number of nitrogens with zero attached hydrogens (tertiary/aromatic N) is 1. The molecule has 9 heteroatoms. The minimum atomic E-state index is -0.765. The molecule has 7 nitrogen and oxygen atoms in total. The summed E-state index contributed by atoms with van der Waals surface area (Å²) < 4.78 is 0.453. The quantitative estimate of drug-likeness (QED) is 0.305. The van der Waals surface area contributed by atoms with Crippen LogP contribution in [0.1, 0.15) is 11.1 Å². The Morgan fingerprint density at radius 1 is 1.00 bits per heavy atom. The molecule has 3 amide bonds. The molecule has 3 aromatic carbocycles. The van der Waals surface area contributed by atoms with Gasteiger partial charge < -0.3 is 10.6 Å². The highest BCUT2D eigenvalue weighted by atomic mass is 32.1. The number of carbonyl (C=O) groups is 2. The molecule has 0 unspecified atom stereocenters. The molecule has 0 saturated carbocycles. The van der Waals surface area contributed by atoms with Crippen LogP contribution in [0, 0.1) is 3.95 Å². The smallest absolute Gasteiger partial charge is 0.321 e. The summed E-state index contributed by atoms with van der Waals surface area (Å²) in [7, 11) is 0. The topological polar surface area (TPSA) is 98.9 Å². The molecule has 0 saturated heterocycles. The number of carbonyl (C=O) groups excluding carboxylic acids is 2. The molecule has 1 atom stereocenters. The Hall–Kier alpha value is -3.56. The number of hydrogen-bond donors (Lipinski definition) is 4. The van der Waals surface area contributed by atoms with Gasteiger partial charge in [-0.1, -0.05) is 84.1 Å². The fourth-order valence-corrected chi connectivity index (χ4v) is 4.17. The van der Waals surface area contributed by atoms with Gasteiger partial charge in [-0.05, 0) is 34.1 Å². The number of anilines is 1. The lowest BCUT2D eigenvalue weighted by Crippen LogP contribution is -2.49. The lowest BCUT2D eigenvalue weighted by atomic mass is 10.0. The fraction of sp³-hybridized carbons (Fsp3) is 0.130. The molecular formula is C23H21N5O2S2. The number of amides is 3. The van der Waals surface area contributed by atoms with E-state index in [1.807, 2.05) is 72.8 Å². The van der Waals surface area contributed by atoms with Gasteiger partial charge in [0, 0.05) is 13.0 Å². The molecule has 162 valence electrons. The minimum Gasteiger partial charge on any atom is -0.350 e. The van der Waals surface area contributed by atoms with Crippen molar-refractivity contribution in [1.29, 1.82) is 0 Å². The van der Waals surface area contributed by atoms with E-state index in [0.717, 1.165) is 33.2 Å². The summed E-state index contributed by atoms with van der Waals surface area (Å²) in [6, 6.07) is 22.3. The highest BCUT2D eigenvalue weighted by Crippen LogP contribution is 2.18. The maximum atomic E-state index is 13.1. The number of fused-ring (bicyclic) bond motifs is 1. The Morgan fingerprint density at radius 3 is 2.53 bits per heavy atom. The fourth-order valence-electron chi connectivity index (χ4n) is 3.39. The van der Waals surface area contributed by atoms with Crippen LogP contribution in [0.3, 0.4) is 0 Å². The van der Waals surface area contributed by atoms with E-state index in [0.29, 0.717) is 22.1 Å². The number of benzene rings is 3. The Kier molecular flexibility index (Phi) is 6.88. The zero-order valence-corrected chi connectivity index (χ0v) is 18.6. The minimum absolute atomic E-state index is 0.272. The third-order valence-corrected chi connectivity index (χ3v) is 5.90.